The van der Waals surface area contributed by atoms with Gasteiger partial charge in [0.15, 0.2) is 0 Å². The minimum Gasteiger partial charge on any atom is -0.339 e. The molecule has 0 saturated carbocycles. The van der Waals surface area contributed by atoms with Crippen LogP contribution in [0.1, 0.15) is 46.0 Å². The number of nitriles is 1. The molecule has 4 nitrogen and oxygen atoms in total. The second kappa shape index (κ2) is 8.10. The van der Waals surface area contributed by atoms with Crippen LogP contribution in [-0.2, 0) is 4.79 Å². The lowest BCUT2D eigenvalue weighted by molar-refractivity contribution is -0.133. The lowest BCUT2D eigenvalue weighted by atomic mass is 9.94. The third kappa shape index (κ3) is 5.05. The maximum Gasteiger partial charge on any atom is 0.222 e. The fourth-order valence-electron chi connectivity index (χ4n) is 2.48. The highest BCUT2D eigenvalue weighted by Gasteiger charge is 2.19. The Hall–Kier alpha value is -1.08. The van der Waals surface area contributed by atoms with E-state index in [1.54, 1.807) is 0 Å². The van der Waals surface area contributed by atoms with Crippen molar-refractivity contribution >= 4 is 5.91 Å². The molecule has 1 rings (SSSR count). The molecule has 1 atom stereocenters. The Bertz CT molecular complexity index is 290. The smallest absolute Gasteiger partial charge is 0.222 e. The van der Waals surface area contributed by atoms with Crippen LogP contribution in [0.2, 0.25) is 0 Å². The number of piperidine rings is 1. The number of nitrogens with one attached hydrogen (secondary N) is 1. The van der Waals surface area contributed by atoms with Crippen LogP contribution in [0.5, 0.6) is 0 Å². The Morgan fingerprint density at radius 2 is 2.33 bits per heavy atom. The largest absolute Gasteiger partial charge is 0.339 e. The second-order valence-corrected chi connectivity index (χ2v) is 5.34. The van der Waals surface area contributed by atoms with E-state index in [2.05, 4.69) is 11.4 Å². The van der Waals surface area contributed by atoms with Crippen molar-refractivity contribution in [3.05, 3.63) is 0 Å². The van der Waals surface area contributed by atoms with Gasteiger partial charge in [0.25, 0.3) is 0 Å². The van der Waals surface area contributed by atoms with Crippen LogP contribution in [0.3, 0.4) is 0 Å². The molecule has 0 aliphatic carbocycles. The number of carbonyl (C=O) groups is 1. The van der Waals surface area contributed by atoms with Crippen molar-refractivity contribution in [1.82, 2.24) is 10.2 Å². The van der Waals surface area contributed by atoms with Crippen molar-refractivity contribution < 1.29 is 4.79 Å². The summed E-state index contributed by atoms with van der Waals surface area (Å²) in [6, 6.07) is 2.30. The van der Waals surface area contributed by atoms with E-state index < -0.39 is 0 Å². The fraction of sp³-hybridized carbons (Fsp3) is 0.857. The van der Waals surface area contributed by atoms with Gasteiger partial charge >= 0.3 is 0 Å². The summed E-state index contributed by atoms with van der Waals surface area (Å²) in [6.07, 6.45) is 4.48. The topological polar surface area (TPSA) is 56.1 Å². The normalized spacial score (nSPS) is 19.6. The van der Waals surface area contributed by atoms with E-state index in [4.69, 9.17) is 5.26 Å². The minimum absolute atomic E-state index is 0.190. The molecule has 0 aromatic carbocycles. The van der Waals surface area contributed by atoms with Crippen LogP contribution < -0.4 is 5.32 Å². The molecular formula is C14H25N3O. The number of hydrogen-bond donors (Lipinski definition) is 1. The van der Waals surface area contributed by atoms with Crippen molar-refractivity contribution in [1.29, 1.82) is 5.26 Å². The fourth-order valence-corrected chi connectivity index (χ4v) is 2.48. The molecule has 1 saturated heterocycles. The molecule has 1 aliphatic heterocycles. The monoisotopic (exact) mass is 251 g/mol. The minimum atomic E-state index is 0.190. The Morgan fingerprint density at radius 1 is 1.56 bits per heavy atom. The summed E-state index contributed by atoms with van der Waals surface area (Å²) < 4.78 is 0. The van der Waals surface area contributed by atoms with E-state index in [1.165, 1.54) is 12.8 Å². The van der Waals surface area contributed by atoms with Gasteiger partial charge in [-0.25, -0.2) is 0 Å². The number of amides is 1. The summed E-state index contributed by atoms with van der Waals surface area (Å²) in [7, 11) is 0. The van der Waals surface area contributed by atoms with Crippen LogP contribution >= 0.6 is 0 Å². The van der Waals surface area contributed by atoms with E-state index in [0.717, 1.165) is 19.5 Å². The van der Waals surface area contributed by atoms with Gasteiger partial charge < -0.3 is 10.2 Å². The van der Waals surface area contributed by atoms with E-state index in [0.29, 0.717) is 25.3 Å². The van der Waals surface area contributed by atoms with Gasteiger partial charge in [0.2, 0.25) is 5.91 Å². The van der Waals surface area contributed by atoms with Gasteiger partial charge in [0.1, 0.15) is 0 Å². The number of nitrogens with zero attached hydrogens (tertiary/aromatic N) is 2. The molecule has 0 aromatic rings. The molecular weight excluding hydrogens is 226 g/mol. The van der Waals surface area contributed by atoms with E-state index >= 15 is 0 Å². The van der Waals surface area contributed by atoms with Gasteiger partial charge in [-0.15, -0.1) is 0 Å². The van der Waals surface area contributed by atoms with Crippen molar-refractivity contribution in [2.75, 3.05) is 19.6 Å². The molecule has 0 aromatic heterocycles. The molecule has 0 spiro atoms. The molecule has 1 unspecified atom stereocenters. The zero-order chi connectivity index (χ0) is 13.4. The summed E-state index contributed by atoms with van der Waals surface area (Å²) in [5.74, 6) is 0.846. The Morgan fingerprint density at radius 3 is 2.89 bits per heavy atom. The average molecular weight is 251 g/mol. The first kappa shape index (κ1) is 15.0. The van der Waals surface area contributed by atoms with Gasteiger partial charge in [-0.1, -0.05) is 0 Å². The number of hydrogen-bond acceptors (Lipinski definition) is 3. The highest BCUT2D eigenvalue weighted by Crippen LogP contribution is 2.17. The molecule has 4 heteroatoms. The standard InChI is InChI=1S/C14H25N3O/c1-12(2)17(10-4-8-15)14(18)7-6-13-5-3-9-16-11-13/h12-13,16H,3-7,9-11H2,1-2H3. The maximum atomic E-state index is 12.1. The Balaban J connectivity index is 2.33. The quantitative estimate of drug-likeness (QED) is 0.784. The highest BCUT2D eigenvalue weighted by molar-refractivity contribution is 5.76. The molecule has 1 heterocycles. The third-order valence-electron chi connectivity index (χ3n) is 3.57. The van der Waals surface area contributed by atoms with Gasteiger partial charge in [-0.3, -0.25) is 4.79 Å². The third-order valence-corrected chi connectivity index (χ3v) is 3.57. The first-order valence-electron chi connectivity index (χ1n) is 7.02. The Labute approximate surface area is 110 Å². The summed E-state index contributed by atoms with van der Waals surface area (Å²) >= 11 is 0. The highest BCUT2D eigenvalue weighted by atomic mass is 16.2. The van der Waals surface area contributed by atoms with Gasteiger partial charge in [-0.05, 0) is 52.1 Å². The van der Waals surface area contributed by atoms with E-state index in [9.17, 15) is 4.79 Å². The predicted molar refractivity (Wildman–Crippen MR) is 71.9 cm³/mol. The van der Waals surface area contributed by atoms with E-state index in [-0.39, 0.29) is 11.9 Å². The summed E-state index contributed by atoms with van der Waals surface area (Å²) in [5.41, 5.74) is 0. The molecule has 1 N–H and O–H groups in total. The average Bonchev–Trinajstić information content (AvgIpc) is 2.37. The molecule has 1 aliphatic rings. The van der Waals surface area contributed by atoms with Crippen molar-refractivity contribution in [3.63, 3.8) is 0 Å². The van der Waals surface area contributed by atoms with Gasteiger partial charge in [0.05, 0.1) is 12.5 Å². The van der Waals surface area contributed by atoms with Crippen molar-refractivity contribution in [2.45, 2.75) is 52.0 Å². The first-order chi connectivity index (χ1) is 8.65. The summed E-state index contributed by atoms with van der Waals surface area (Å²) in [4.78, 5) is 14.0. The van der Waals surface area contributed by atoms with Crippen molar-refractivity contribution in [3.8, 4) is 6.07 Å². The van der Waals surface area contributed by atoms with Gasteiger partial charge in [0, 0.05) is 19.0 Å². The van der Waals surface area contributed by atoms with E-state index in [1.807, 2.05) is 18.7 Å². The zero-order valence-electron chi connectivity index (χ0n) is 11.6. The first-order valence-corrected chi connectivity index (χ1v) is 7.02. The molecule has 102 valence electrons. The SMILES string of the molecule is CC(C)N(CCC#N)C(=O)CCC1CCCNC1. The van der Waals surface area contributed by atoms with Gasteiger partial charge in [-0.2, -0.15) is 5.26 Å². The molecule has 0 radical (unpaired) electrons. The van der Waals surface area contributed by atoms with Crippen LogP contribution in [0, 0.1) is 17.2 Å². The number of rotatable bonds is 6. The molecule has 0 bridgehead atoms. The van der Waals surface area contributed by atoms with Crippen LogP contribution in [-0.4, -0.2) is 36.5 Å². The lowest BCUT2D eigenvalue weighted by Gasteiger charge is -2.28. The summed E-state index contributed by atoms with van der Waals surface area (Å²) in [5, 5.41) is 12.0. The maximum absolute atomic E-state index is 12.1. The van der Waals surface area contributed by atoms with Crippen LogP contribution in [0.4, 0.5) is 0 Å². The molecule has 18 heavy (non-hydrogen) atoms. The molecule has 1 fully saturated rings. The second-order valence-electron chi connectivity index (χ2n) is 5.34. The van der Waals surface area contributed by atoms with Crippen LogP contribution in [0.15, 0.2) is 0 Å². The van der Waals surface area contributed by atoms with Crippen LogP contribution in [0.25, 0.3) is 0 Å². The lowest BCUT2D eigenvalue weighted by Crippen LogP contribution is -2.38. The zero-order valence-corrected chi connectivity index (χ0v) is 11.6. The van der Waals surface area contributed by atoms with Crippen molar-refractivity contribution in [2.24, 2.45) is 5.92 Å². The Kier molecular flexibility index (Phi) is 6.74. The number of carbonyl (C=O) groups excluding carboxylic acids is 1. The molecule has 1 amide bonds. The summed E-state index contributed by atoms with van der Waals surface area (Å²) in [6.45, 7) is 6.75. The predicted octanol–water partition coefficient (Wildman–Crippen LogP) is 1.92.